The summed E-state index contributed by atoms with van der Waals surface area (Å²) >= 11 is 1.86. The summed E-state index contributed by atoms with van der Waals surface area (Å²) in [7, 11) is 2.11. The van der Waals surface area contributed by atoms with Gasteiger partial charge in [0.15, 0.2) is 0 Å². The number of anilines is 1. The largest absolute Gasteiger partial charge is 0.392 e. The Morgan fingerprint density at radius 3 is 2.60 bits per heavy atom. The molecule has 0 aliphatic heterocycles. The Balaban J connectivity index is 2.49. The Bertz CT molecular complexity index is 573. The lowest BCUT2D eigenvalue weighted by atomic mass is 10.1. The smallest absolute Gasteiger partial charge is 0.136 e. The van der Waals surface area contributed by atoms with E-state index in [0.717, 1.165) is 34.3 Å². The molecule has 1 aromatic carbocycles. The molecule has 1 heterocycles. The van der Waals surface area contributed by atoms with Crippen molar-refractivity contribution in [3.05, 3.63) is 36.0 Å². The van der Waals surface area contributed by atoms with Crippen LogP contribution < -0.4 is 4.90 Å². The molecule has 0 radical (unpaired) electrons. The molecule has 4 heteroatoms. The summed E-state index contributed by atoms with van der Waals surface area (Å²) in [6.45, 7) is 2.24. The zero-order valence-corrected chi connectivity index (χ0v) is 13.2. The van der Waals surface area contributed by atoms with E-state index in [1.165, 1.54) is 0 Å². The first kappa shape index (κ1) is 15.1. The van der Waals surface area contributed by atoms with Gasteiger partial charge >= 0.3 is 0 Å². The fourth-order valence-corrected chi connectivity index (χ4v) is 3.36. The second-order valence-corrected chi connectivity index (χ2v) is 5.85. The summed E-state index contributed by atoms with van der Waals surface area (Å²) in [4.78, 5) is 6.85. The average Bonchev–Trinajstić information content (AvgIpc) is 2.50. The highest BCUT2D eigenvalue weighted by molar-refractivity contribution is 7.98. The van der Waals surface area contributed by atoms with Crippen molar-refractivity contribution in [1.29, 1.82) is 0 Å². The highest BCUT2D eigenvalue weighted by Gasteiger charge is 2.17. The van der Waals surface area contributed by atoms with Gasteiger partial charge in [-0.25, -0.2) is 4.98 Å². The number of nitrogens with zero attached hydrogens (tertiary/aromatic N) is 2. The van der Waals surface area contributed by atoms with Gasteiger partial charge in [0, 0.05) is 36.0 Å². The van der Waals surface area contributed by atoms with E-state index in [4.69, 9.17) is 0 Å². The molecular formula is C16H22N2OS. The van der Waals surface area contributed by atoms with Crippen LogP contribution in [0.15, 0.2) is 30.5 Å². The minimum atomic E-state index is 0.0273. The van der Waals surface area contributed by atoms with E-state index in [-0.39, 0.29) is 6.61 Å². The minimum absolute atomic E-state index is 0.0273. The van der Waals surface area contributed by atoms with Crippen molar-refractivity contribution in [2.24, 2.45) is 0 Å². The van der Waals surface area contributed by atoms with Crippen LogP contribution in [0.5, 0.6) is 0 Å². The highest BCUT2D eigenvalue weighted by Crippen LogP contribution is 2.28. The lowest BCUT2D eigenvalue weighted by Gasteiger charge is -2.29. The van der Waals surface area contributed by atoms with Crippen LogP contribution in [0.1, 0.15) is 18.9 Å². The number of pyridine rings is 1. The van der Waals surface area contributed by atoms with Crippen LogP contribution in [0.3, 0.4) is 0 Å². The van der Waals surface area contributed by atoms with Crippen LogP contribution in [0.2, 0.25) is 0 Å². The van der Waals surface area contributed by atoms with Crippen molar-refractivity contribution in [2.75, 3.05) is 24.0 Å². The molecular weight excluding hydrogens is 268 g/mol. The number of hydrogen-bond donors (Lipinski definition) is 1. The molecule has 1 unspecified atom stereocenters. The van der Waals surface area contributed by atoms with E-state index in [0.29, 0.717) is 6.04 Å². The van der Waals surface area contributed by atoms with Crippen LogP contribution in [0.25, 0.3) is 10.8 Å². The van der Waals surface area contributed by atoms with Gasteiger partial charge in [-0.05, 0) is 18.1 Å². The highest BCUT2D eigenvalue weighted by atomic mass is 32.2. The monoisotopic (exact) mass is 290 g/mol. The number of benzene rings is 1. The minimum Gasteiger partial charge on any atom is -0.392 e. The molecule has 0 saturated heterocycles. The Hall–Kier alpha value is -1.26. The predicted molar refractivity (Wildman–Crippen MR) is 88.5 cm³/mol. The van der Waals surface area contributed by atoms with Crippen molar-refractivity contribution in [1.82, 2.24) is 4.98 Å². The third-order valence-electron chi connectivity index (χ3n) is 3.74. The number of thioether (sulfide) groups is 1. The van der Waals surface area contributed by atoms with Gasteiger partial charge in [-0.1, -0.05) is 31.2 Å². The maximum atomic E-state index is 9.45. The van der Waals surface area contributed by atoms with Crippen LogP contribution >= 0.6 is 11.8 Å². The Morgan fingerprint density at radius 1 is 1.30 bits per heavy atom. The summed E-state index contributed by atoms with van der Waals surface area (Å²) in [5.41, 5.74) is 0.885. The molecule has 3 nitrogen and oxygen atoms in total. The average molecular weight is 290 g/mol. The van der Waals surface area contributed by atoms with E-state index >= 15 is 0 Å². The lowest BCUT2D eigenvalue weighted by Crippen LogP contribution is -2.33. The predicted octanol–water partition coefficient (Wildman–Crippen LogP) is 3.30. The van der Waals surface area contributed by atoms with Gasteiger partial charge in [-0.15, -0.1) is 0 Å². The van der Waals surface area contributed by atoms with Gasteiger partial charge in [0.05, 0.1) is 6.61 Å². The van der Waals surface area contributed by atoms with E-state index in [2.05, 4.69) is 42.2 Å². The topological polar surface area (TPSA) is 36.4 Å². The third-order valence-corrected chi connectivity index (χ3v) is 4.46. The second-order valence-electron chi connectivity index (χ2n) is 4.94. The first-order valence-electron chi connectivity index (χ1n) is 6.92. The van der Waals surface area contributed by atoms with Crippen LogP contribution in [-0.2, 0) is 6.61 Å². The molecule has 0 amide bonds. The molecule has 0 aliphatic carbocycles. The summed E-state index contributed by atoms with van der Waals surface area (Å²) in [6, 6.07) is 8.64. The Labute approximate surface area is 125 Å². The van der Waals surface area contributed by atoms with E-state index < -0.39 is 0 Å². The van der Waals surface area contributed by atoms with Gasteiger partial charge in [0.2, 0.25) is 0 Å². The van der Waals surface area contributed by atoms with E-state index in [1.54, 1.807) is 6.20 Å². The maximum absolute atomic E-state index is 9.45. The first-order valence-corrected chi connectivity index (χ1v) is 8.31. The summed E-state index contributed by atoms with van der Waals surface area (Å²) in [5.74, 6) is 2.09. The third kappa shape index (κ3) is 2.91. The van der Waals surface area contributed by atoms with Crippen molar-refractivity contribution in [3.63, 3.8) is 0 Å². The molecule has 0 saturated carbocycles. The first-order chi connectivity index (χ1) is 9.72. The summed E-state index contributed by atoms with van der Waals surface area (Å²) in [5, 5.41) is 11.6. The molecule has 2 rings (SSSR count). The van der Waals surface area contributed by atoms with Crippen molar-refractivity contribution in [3.8, 4) is 0 Å². The van der Waals surface area contributed by atoms with E-state index in [9.17, 15) is 5.11 Å². The quantitative estimate of drug-likeness (QED) is 0.885. The fraction of sp³-hybridized carbons (Fsp3) is 0.438. The van der Waals surface area contributed by atoms with Crippen molar-refractivity contribution < 1.29 is 5.11 Å². The van der Waals surface area contributed by atoms with Gasteiger partial charge in [0.25, 0.3) is 0 Å². The summed E-state index contributed by atoms with van der Waals surface area (Å²) < 4.78 is 0. The van der Waals surface area contributed by atoms with Gasteiger partial charge in [-0.3, -0.25) is 0 Å². The zero-order chi connectivity index (χ0) is 14.5. The maximum Gasteiger partial charge on any atom is 0.136 e. The molecule has 0 aliphatic rings. The SMILES string of the molecule is CCC(CSC)N(C)c1ncc(CO)c2ccccc12. The van der Waals surface area contributed by atoms with Crippen molar-refractivity contribution in [2.45, 2.75) is 26.0 Å². The normalized spacial score (nSPS) is 12.6. The fourth-order valence-electron chi connectivity index (χ4n) is 2.51. The number of aliphatic hydroxyl groups is 1. The number of aromatic nitrogens is 1. The van der Waals surface area contributed by atoms with Crippen LogP contribution in [-0.4, -0.2) is 35.2 Å². The second kappa shape index (κ2) is 6.95. The molecule has 1 N–H and O–H groups in total. The van der Waals surface area contributed by atoms with E-state index in [1.807, 2.05) is 23.9 Å². The Kier molecular flexibility index (Phi) is 5.26. The number of rotatable bonds is 6. The van der Waals surface area contributed by atoms with Crippen molar-refractivity contribution >= 4 is 28.4 Å². The molecule has 1 aromatic heterocycles. The molecule has 108 valence electrons. The zero-order valence-electron chi connectivity index (χ0n) is 12.3. The number of hydrogen-bond acceptors (Lipinski definition) is 4. The lowest BCUT2D eigenvalue weighted by molar-refractivity contribution is 0.283. The molecule has 2 aromatic rings. The molecule has 20 heavy (non-hydrogen) atoms. The molecule has 1 atom stereocenters. The molecule has 0 fully saturated rings. The van der Waals surface area contributed by atoms with Crippen LogP contribution in [0.4, 0.5) is 5.82 Å². The molecule has 0 spiro atoms. The Morgan fingerprint density at radius 2 is 2.00 bits per heavy atom. The van der Waals surface area contributed by atoms with Crippen LogP contribution in [0, 0.1) is 0 Å². The standard InChI is InChI=1S/C16H22N2OS/c1-4-13(11-20-3)18(2)16-15-8-6-5-7-14(15)12(10-19)9-17-16/h5-9,13,19H,4,10-11H2,1-3H3. The summed E-state index contributed by atoms with van der Waals surface area (Å²) in [6.07, 6.45) is 5.02. The number of fused-ring (bicyclic) bond motifs is 1. The van der Waals surface area contributed by atoms with Gasteiger partial charge in [0.1, 0.15) is 5.82 Å². The van der Waals surface area contributed by atoms with Gasteiger partial charge < -0.3 is 10.0 Å². The molecule has 0 bridgehead atoms. The van der Waals surface area contributed by atoms with Gasteiger partial charge in [-0.2, -0.15) is 11.8 Å². The number of aliphatic hydroxyl groups excluding tert-OH is 1.